The van der Waals surface area contributed by atoms with Crippen molar-refractivity contribution < 1.29 is 4.79 Å². The highest BCUT2D eigenvalue weighted by atomic mass is 35.5. The number of aryl methyl sites for hydroxylation is 2. The van der Waals surface area contributed by atoms with E-state index in [-0.39, 0.29) is 42.8 Å². The molecule has 1 aliphatic carbocycles. The van der Waals surface area contributed by atoms with E-state index in [4.69, 9.17) is 5.73 Å². The molecule has 1 aromatic rings. The van der Waals surface area contributed by atoms with Crippen molar-refractivity contribution in [2.75, 3.05) is 0 Å². The molecule has 0 unspecified atom stereocenters. The standard InChI is InChI=1S/C13H22N4O.2ClH/c1-8-9(2)16-17-12(8)5-6-13(18)15-11-4-3-10(14)7-11;;/h10-11H,3-7,14H2,1-2H3,(H,15,18)(H,16,17);2*1H/t10-,11-;;/m1../s1. The number of carbonyl (C=O) groups excluding carboxylic acids is 1. The summed E-state index contributed by atoms with van der Waals surface area (Å²) in [5.41, 5.74) is 9.05. The molecular formula is C13H24Cl2N4O. The number of amides is 1. The van der Waals surface area contributed by atoms with Crippen LogP contribution in [0.4, 0.5) is 0 Å². The summed E-state index contributed by atoms with van der Waals surface area (Å²) in [5, 5.41) is 10.2. The van der Waals surface area contributed by atoms with E-state index in [9.17, 15) is 4.79 Å². The number of nitrogens with zero attached hydrogens (tertiary/aromatic N) is 1. The fourth-order valence-corrected chi connectivity index (χ4v) is 2.46. The van der Waals surface area contributed by atoms with Crippen molar-refractivity contribution in [3.8, 4) is 0 Å². The van der Waals surface area contributed by atoms with Gasteiger partial charge in [-0.15, -0.1) is 24.8 Å². The van der Waals surface area contributed by atoms with Gasteiger partial charge in [-0.3, -0.25) is 9.89 Å². The number of carbonyl (C=O) groups is 1. The molecular weight excluding hydrogens is 299 g/mol. The molecule has 0 saturated heterocycles. The molecule has 0 radical (unpaired) electrons. The van der Waals surface area contributed by atoms with Gasteiger partial charge in [-0.1, -0.05) is 0 Å². The first-order valence-corrected chi connectivity index (χ1v) is 6.61. The van der Waals surface area contributed by atoms with Gasteiger partial charge in [0.25, 0.3) is 0 Å². The van der Waals surface area contributed by atoms with Crippen LogP contribution in [-0.4, -0.2) is 28.2 Å². The first-order chi connectivity index (χ1) is 8.56. The maximum Gasteiger partial charge on any atom is 0.220 e. The Labute approximate surface area is 132 Å². The second-order valence-electron chi connectivity index (χ2n) is 5.26. The van der Waals surface area contributed by atoms with Crippen LogP contribution in [0.25, 0.3) is 0 Å². The average molecular weight is 323 g/mol. The minimum absolute atomic E-state index is 0. The van der Waals surface area contributed by atoms with E-state index in [1.807, 2.05) is 13.8 Å². The minimum Gasteiger partial charge on any atom is -0.353 e. The molecule has 20 heavy (non-hydrogen) atoms. The Morgan fingerprint density at radius 3 is 2.60 bits per heavy atom. The predicted molar refractivity (Wildman–Crippen MR) is 84.6 cm³/mol. The average Bonchev–Trinajstić information content (AvgIpc) is 2.86. The molecule has 0 bridgehead atoms. The van der Waals surface area contributed by atoms with E-state index in [2.05, 4.69) is 15.5 Å². The van der Waals surface area contributed by atoms with E-state index in [1.165, 1.54) is 0 Å². The monoisotopic (exact) mass is 322 g/mol. The number of H-pyrrole nitrogens is 1. The van der Waals surface area contributed by atoms with Crippen LogP contribution in [0.2, 0.25) is 0 Å². The van der Waals surface area contributed by atoms with Crippen LogP contribution in [0, 0.1) is 13.8 Å². The van der Waals surface area contributed by atoms with Crippen molar-refractivity contribution in [3.05, 3.63) is 17.0 Å². The molecule has 116 valence electrons. The Bertz CT molecular complexity index is 436. The Balaban J connectivity index is 0.00000180. The van der Waals surface area contributed by atoms with E-state index in [1.54, 1.807) is 0 Å². The van der Waals surface area contributed by atoms with Gasteiger partial charge in [0.15, 0.2) is 0 Å². The summed E-state index contributed by atoms with van der Waals surface area (Å²) in [7, 11) is 0. The Hall–Kier alpha value is -0.780. The zero-order chi connectivity index (χ0) is 13.1. The van der Waals surface area contributed by atoms with Crippen LogP contribution >= 0.6 is 24.8 Å². The van der Waals surface area contributed by atoms with Gasteiger partial charge in [0.05, 0.1) is 5.69 Å². The predicted octanol–water partition coefficient (Wildman–Crippen LogP) is 1.80. The summed E-state index contributed by atoms with van der Waals surface area (Å²) in [6.07, 6.45) is 4.12. The number of hydrogen-bond donors (Lipinski definition) is 3. The van der Waals surface area contributed by atoms with Gasteiger partial charge in [0.2, 0.25) is 5.91 Å². The smallest absolute Gasteiger partial charge is 0.220 e. The second kappa shape index (κ2) is 8.49. The van der Waals surface area contributed by atoms with E-state index in [0.29, 0.717) is 12.8 Å². The van der Waals surface area contributed by atoms with Gasteiger partial charge in [0, 0.05) is 30.6 Å². The highest BCUT2D eigenvalue weighted by Crippen LogP contribution is 2.17. The summed E-state index contributed by atoms with van der Waals surface area (Å²) in [5.74, 6) is 0.106. The number of aromatic nitrogens is 2. The highest BCUT2D eigenvalue weighted by Gasteiger charge is 2.22. The molecule has 2 rings (SSSR count). The SMILES string of the molecule is Cc1[nH]nc(CCC(=O)N[C@@H]2CC[C@@H](N)C2)c1C.Cl.Cl. The van der Waals surface area contributed by atoms with Crippen LogP contribution in [0.1, 0.15) is 42.6 Å². The van der Waals surface area contributed by atoms with Crippen molar-refractivity contribution in [2.24, 2.45) is 5.73 Å². The third kappa shape index (κ3) is 4.96. The molecule has 7 heteroatoms. The van der Waals surface area contributed by atoms with Gasteiger partial charge < -0.3 is 11.1 Å². The number of hydrogen-bond acceptors (Lipinski definition) is 3. The van der Waals surface area contributed by atoms with Crippen LogP contribution in [0.15, 0.2) is 0 Å². The molecule has 1 heterocycles. The molecule has 1 aromatic heterocycles. The van der Waals surface area contributed by atoms with Crippen LogP contribution < -0.4 is 11.1 Å². The lowest BCUT2D eigenvalue weighted by atomic mass is 10.1. The van der Waals surface area contributed by atoms with Crippen molar-refractivity contribution in [3.63, 3.8) is 0 Å². The number of nitrogens with one attached hydrogen (secondary N) is 2. The Kier molecular flexibility index (Phi) is 8.16. The molecule has 0 aliphatic heterocycles. The van der Waals surface area contributed by atoms with Gasteiger partial charge in [-0.05, 0) is 38.7 Å². The number of halogens is 2. The molecule has 0 aromatic carbocycles. The lowest BCUT2D eigenvalue weighted by Crippen LogP contribution is -2.34. The lowest BCUT2D eigenvalue weighted by molar-refractivity contribution is -0.121. The second-order valence-corrected chi connectivity index (χ2v) is 5.26. The summed E-state index contributed by atoms with van der Waals surface area (Å²) >= 11 is 0. The van der Waals surface area contributed by atoms with Crippen molar-refractivity contribution in [2.45, 2.75) is 58.0 Å². The van der Waals surface area contributed by atoms with Crippen LogP contribution in [-0.2, 0) is 11.2 Å². The van der Waals surface area contributed by atoms with Gasteiger partial charge in [0.1, 0.15) is 0 Å². The van der Waals surface area contributed by atoms with Crippen LogP contribution in [0.3, 0.4) is 0 Å². The fraction of sp³-hybridized carbons (Fsp3) is 0.692. The maximum atomic E-state index is 11.8. The third-order valence-corrected chi connectivity index (χ3v) is 3.78. The van der Waals surface area contributed by atoms with E-state index < -0.39 is 0 Å². The Morgan fingerprint density at radius 2 is 2.10 bits per heavy atom. The molecule has 4 N–H and O–H groups in total. The third-order valence-electron chi connectivity index (χ3n) is 3.78. The van der Waals surface area contributed by atoms with E-state index in [0.717, 1.165) is 36.2 Å². The fourth-order valence-electron chi connectivity index (χ4n) is 2.46. The minimum atomic E-state index is 0. The van der Waals surface area contributed by atoms with Gasteiger partial charge in [-0.2, -0.15) is 5.10 Å². The molecule has 0 spiro atoms. The van der Waals surface area contributed by atoms with E-state index >= 15 is 0 Å². The number of aromatic amines is 1. The summed E-state index contributed by atoms with van der Waals surface area (Å²) in [6.45, 7) is 4.02. The zero-order valence-corrected chi connectivity index (χ0v) is 13.6. The zero-order valence-electron chi connectivity index (χ0n) is 11.9. The van der Waals surface area contributed by atoms with Crippen molar-refractivity contribution >= 4 is 30.7 Å². The van der Waals surface area contributed by atoms with Gasteiger partial charge in [-0.25, -0.2) is 0 Å². The summed E-state index contributed by atoms with van der Waals surface area (Å²) in [4.78, 5) is 11.8. The first-order valence-electron chi connectivity index (χ1n) is 6.61. The maximum absolute atomic E-state index is 11.8. The molecule has 1 amide bonds. The molecule has 5 nitrogen and oxygen atoms in total. The largest absolute Gasteiger partial charge is 0.353 e. The van der Waals surface area contributed by atoms with Gasteiger partial charge >= 0.3 is 0 Å². The van der Waals surface area contributed by atoms with Crippen molar-refractivity contribution in [1.82, 2.24) is 15.5 Å². The summed E-state index contributed by atoms with van der Waals surface area (Å²) < 4.78 is 0. The number of nitrogens with two attached hydrogens (primary N) is 1. The molecule has 1 fully saturated rings. The Morgan fingerprint density at radius 1 is 1.40 bits per heavy atom. The topological polar surface area (TPSA) is 83.8 Å². The molecule has 2 atom stereocenters. The normalized spacial score (nSPS) is 20.9. The van der Waals surface area contributed by atoms with Crippen molar-refractivity contribution in [1.29, 1.82) is 0 Å². The highest BCUT2D eigenvalue weighted by molar-refractivity contribution is 5.85. The molecule has 1 aliphatic rings. The quantitative estimate of drug-likeness (QED) is 0.790. The van der Waals surface area contributed by atoms with Crippen LogP contribution in [0.5, 0.6) is 0 Å². The first kappa shape index (κ1) is 19.2. The molecule has 1 saturated carbocycles. The lowest BCUT2D eigenvalue weighted by Gasteiger charge is -2.11. The summed E-state index contributed by atoms with van der Waals surface area (Å²) in [6, 6.07) is 0.529. The number of rotatable bonds is 4.